The van der Waals surface area contributed by atoms with E-state index in [1.54, 1.807) is 18.2 Å². The molecular weight excluding hydrogens is 200 g/mol. The van der Waals surface area contributed by atoms with E-state index in [4.69, 9.17) is 17.3 Å². The minimum Gasteiger partial charge on any atom is -0.397 e. The number of carbonyl (C=O) groups is 1. The third kappa shape index (κ3) is 1.82. The van der Waals surface area contributed by atoms with Gasteiger partial charge in [0.2, 0.25) is 5.91 Å². The van der Waals surface area contributed by atoms with E-state index in [0.29, 0.717) is 16.4 Å². The zero-order valence-corrected chi connectivity index (χ0v) is 8.34. The van der Waals surface area contributed by atoms with Crippen molar-refractivity contribution in [3.05, 3.63) is 23.2 Å². The summed E-state index contributed by atoms with van der Waals surface area (Å²) in [5.74, 6) is 0.176. The lowest BCUT2D eigenvalue weighted by molar-refractivity contribution is -0.117. The molecule has 1 saturated carbocycles. The van der Waals surface area contributed by atoms with Gasteiger partial charge in [0.05, 0.1) is 16.4 Å². The fourth-order valence-corrected chi connectivity index (χ4v) is 1.47. The molecule has 3 N–H and O–H groups in total. The predicted molar refractivity (Wildman–Crippen MR) is 57.2 cm³/mol. The van der Waals surface area contributed by atoms with E-state index in [1.807, 2.05) is 0 Å². The molecule has 0 atom stereocenters. The summed E-state index contributed by atoms with van der Waals surface area (Å²) in [7, 11) is 0. The minimum atomic E-state index is 0.0183. The van der Waals surface area contributed by atoms with Crippen LogP contribution < -0.4 is 11.1 Å². The Morgan fingerprint density at radius 3 is 2.79 bits per heavy atom. The number of nitrogens with one attached hydrogen (secondary N) is 1. The van der Waals surface area contributed by atoms with Crippen molar-refractivity contribution in [2.75, 3.05) is 11.1 Å². The van der Waals surface area contributed by atoms with Gasteiger partial charge >= 0.3 is 0 Å². The van der Waals surface area contributed by atoms with Crippen LogP contribution in [0.1, 0.15) is 12.8 Å². The van der Waals surface area contributed by atoms with Gasteiger partial charge in [0.1, 0.15) is 0 Å². The molecule has 14 heavy (non-hydrogen) atoms. The average molecular weight is 211 g/mol. The van der Waals surface area contributed by atoms with Crippen molar-refractivity contribution in [1.29, 1.82) is 0 Å². The Morgan fingerprint density at radius 1 is 1.50 bits per heavy atom. The van der Waals surface area contributed by atoms with E-state index in [-0.39, 0.29) is 11.8 Å². The Bertz CT molecular complexity index is 354. The van der Waals surface area contributed by atoms with Crippen LogP contribution in [-0.4, -0.2) is 5.91 Å². The molecule has 0 aliphatic heterocycles. The topological polar surface area (TPSA) is 55.1 Å². The molecule has 4 heteroatoms. The van der Waals surface area contributed by atoms with Crippen molar-refractivity contribution in [2.24, 2.45) is 5.92 Å². The van der Waals surface area contributed by atoms with Crippen molar-refractivity contribution in [3.63, 3.8) is 0 Å². The maximum Gasteiger partial charge on any atom is 0.227 e. The summed E-state index contributed by atoms with van der Waals surface area (Å²) in [6.07, 6.45) is 1.94. The van der Waals surface area contributed by atoms with Gasteiger partial charge in [0.25, 0.3) is 0 Å². The van der Waals surface area contributed by atoms with E-state index in [2.05, 4.69) is 5.32 Å². The maximum absolute atomic E-state index is 11.5. The van der Waals surface area contributed by atoms with Crippen LogP contribution in [0.3, 0.4) is 0 Å². The SMILES string of the molecule is Nc1cccc(Cl)c1NC(=O)C1CC1. The van der Waals surface area contributed by atoms with Crippen LogP contribution in [0.2, 0.25) is 5.02 Å². The van der Waals surface area contributed by atoms with Crippen molar-refractivity contribution >= 4 is 28.9 Å². The summed E-state index contributed by atoms with van der Waals surface area (Å²) < 4.78 is 0. The lowest BCUT2D eigenvalue weighted by Gasteiger charge is -2.08. The predicted octanol–water partition coefficient (Wildman–Crippen LogP) is 2.27. The van der Waals surface area contributed by atoms with Gasteiger partial charge in [-0.3, -0.25) is 4.79 Å². The number of nitrogen functional groups attached to an aromatic ring is 1. The molecule has 74 valence electrons. The molecule has 0 unspecified atom stereocenters. The number of nitrogens with two attached hydrogens (primary N) is 1. The van der Waals surface area contributed by atoms with Crippen LogP contribution >= 0.6 is 11.6 Å². The average Bonchev–Trinajstić information content (AvgIpc) is 2.94. The highest BCUT2D eigenvalue weighted by atomic mass is 35.5. The fraction of sp³-hybridized carbons (Fsp3) is 0.300. The molecule has 1 aliphatic rings. The van der Waals surface area contributed by atoms with E-state index in [9.17, 15) is 4.79 Å². The molecule has 1 amide bonds. The first-order valence-corrected chi connectivity index (χ1v) is 4.91. The molecule has 1 aromatic rings. The third-order valence-electron chi connectivity index (χ3n) is 2.24. The van der Waals surface area contributed by atoms with Crippen LogP contribution in [-0.2, 0) is 4.79 Å². The summed E-state index contributed by atoms with van der Waals surface area (Å²) in [4.78, 5) is 11.5. The number of benzene rings is 1. The van der Waals surface area contributed by atoms with Crippen LogP contribution in [0.15, 0.2) is 18.2 Å². The zero-order chi connectivity index (χ0) is 10.1. The Kier molecular flexibility index (Phi) is 2.33. The summed E-state index contributed by atoms with van der Waals surface area (Å²) in [6, 6.07) is 5.18. The molecule has 1 aliphatic carbocycles. The summed E-state index contributed by atoms with van der Waals surface area (Å²) in [5.41, 5.74) is 6.73. The summed E-state index contributed by atoms with van der Waals surface area (Å²) in [6.45, 7) is 0. The van der Waals surface area contributed by atoms with Gasteiger partial charge in [-0.05, 0) is 25.0 Å². The normalized spacial score (nSPS) is 15.2. The molecule has 2 rings (SSSR count). The highest BCUT2D eigenvalue weighted by Crippen LogP contribution is 2.33. The number of hydrogen-bond acceptors (Lipinski definition) is 2. The molecule has 0 bridgehead atoms. The molecule has 0 spiro atoms. The number of amides is 1. The maximum atomic E-state index is 11.5. The van der Waals surface area contributed by atoms with Crippen LogP contribution in [0.25, 0.3) is 0 Å². The molecule has 1 aromatic carbocycles. The third-order valence-corrected chi connectivity index (χ3v) is 2.56. The minimum absolute atomic E-state index is 0.0183. The molecule has 0 heterocycles. The van der Waals surface area contributed by atoms with E-state index >= 15 is 0 Å². The van der Waals surface area contributed by atoms with Crippen LogP contribution in [0.4, 0.5) is 11.4 Å². The number of hydrogen-bond donors (Lipinski definition) is 2. The lowest BCUT2D eigenvalue weighted by atomic mass is 10.2. The largest absolute Gasteiger partial charge is 0.397 e. The Morgan fingerprint density at radius 2 is 2.21 bits per heavy atom. The second kappa shape index (κ2) is 3.50. The number of halogens is 1. The Labute approximate surface area is 87.2 Å². The van der Waals surface area contributed by atoms with Crippen molar-refractivity contribution in [1.82, 2.24) is 0 Å². The van der Waals surface area contributed by atoms with E-state index in [0.717, 1.165) is 12.8 Å². The highest BCUT2D eigenvalue weighted by molar-refractivity contribution is 6.34. The molecular formula is C10H11ClN2O. The smallest absolute Gasteiger partial charge is 0.227 e. The monoisotopic (exact) mass is 210 g/mol. The molecule has 0 radical (unpaired) electrons. The Balaban J connectivity index is 2.18. The first kappa shape index (κ1) is 9.34. The second-order valence-corrected chi connectivity index (χ2v) is 3.87. The quantitative estimate of drug-likeness (QED) is 0.736. The van der Waals surface area contributed by atoms with Gasteiger partial charge in [0, 0.05) is 5.92 Å². The number of anilines is 2. The van der Waals surface area contributed by atoms with Crippen molar-refractivity contribution in [3.8, 4) is 0 Å². The van der Waals surface area contributed by atoms with Crippen LogP contribution in [0.5, 0.6) is 0 Å². The second-order valence-electron chi connectivity index (χ2n) is 3.47. The molecule has 1 fully saturated rings. The van der Waals surface area contributed by atoms with Gasteiger partial charge in [-0.25, -0.2) is 0 Å². The first-order valence-electron chi connectivity index (χ1n) is 4.53. The van der Waals surface area contributed by atoms with E-state index in [1.165, 1.54) is 0 Å². The van der Waals surface area contributed by atoms with Crippen molar-refractivity contribution < 1.29 is 4.79 Å². The number of rotatable bonds is 2. The molecule has 3 nitrogen and oxygen atoms in total. The molecule has 0 saturated heterocycles. The lowest BCUT2D eigenvalue weighted by Crippen LogP contribution is -2.14. The standard InChI is InChI=1S/C10H11ClN2O/c11-7-2-1-3-8(12)9(7)13-10(14)6-4-5-6/h1-3,6H,4-5,12H2,(H,13,14). The number of para-hydroxylation sites is 1. The van der Waals surface area contributed by atoms with Gasteiger partial charge in [-0.15, -0.1) is 0 Å². The van der Waals surface area contributed by atoms with Gasteiger partial charge in [-0.2, -0.15) is 0 Å². The Hall–Kier alpha value is -1.22. The van der Waals surface area contributed by atoms with Gasteiger partial charge < -0.3 is 11.1 Å². The van der Waals surface area contributed by atoms with Crippen LogP contribution in [0, 0.1) is 5.92 Å². The van der Waals surface area contributed by atoms with E-state index < -0.39 is 0 Å². The highest BCUT2D eigenvalue weighted by Gasteiger charge is 2.30. The molecule has 0 aromatic heterocycles. The van der Waals surface area contributed by atoms with Gasteiger partial charge in [0.15, 0.2) is 0 Å². The number of carbonyl (C=O) groups excluding carboxylic acids is 1. The zero-order valence-electron chi connectivity index (χ0n) is 7.59. The summed E-state index contributed by atoms with van der Waals surface area (Å²) >= 11 is 5.90. The fourth-order valence-electron chi connectivity index (χ4n) is 1.24. The summed E-state index contributed by atoms with van der Waals surface area (Å²) in [5, 5.41) is 3.23. The van der Waals surface area contributed by atoms with Crippen molar-refractivity contribution in [2.45, 2.75) is 12.8 Å². The van der Waals surface area contributed by atoms with Gasteiger partial charge in [-0.1, -0.05) is 17.7 Å². The first-order chi connectivity index (χ1) is 6.68.